The van der Waals surface area contributed by atoms with Gasteiger partial charge in [0.2, 0.25) is 0 Å². The zero-order valence-corrected chi connectivity index (χ0v) is 17.5. The van der Waals surface area contributed by atoms with E-state index in [2.05, 4.69) is 51.2 Å². The standard InChI is InChI=1S/C14H15N5O3.C9H10/c1-19(2)6-11-9-5-15-18-13(20)8-3-7(16-14(21)22)4-10(17-11)12(8)9;1-2-4-8(5-3-1)9-6-7-9/h3-5,16-17H,6H2,1-2H3,(H,18,20)(H,21,22);1-5,9H,6-7H2. The molecule has 3 aromatic rings. The van der Waals surface area contributed by atoms with E-state index in [9.17, 15) is 9.59 Å². The zero-order valence-electron chi connectivity index (χ0n) is 17.5. The summed E-state index contributed by atoms with van der Waals surface area (Å²) in [5, 5.41) is 15.8. The van der Waals surface area contributed by atoms with Crippen molar-refractivity contribution in [2.75, 3.05) is 19.4 Å². The van der Waals surface area contributed by atoms with Gasteiger partial charge in [-0.25, -0.2) is 10.2 Å². The number of rotatable bonds is 4. The molecule has 8 heteroatoms. The van der Waals surface area contributed by atoms with Crippen LogP contribution in [-0.2, 0) is 6.54 Å². The first kappa shape index (κ1) is 20.6. The van der Waals surface area contributed by atoms with Gasteiger partial charge in [0, 0.05) is 34.4 Å². The molecule has 8 nitrogen and oxygen atoms in total. The van der Waals surface area contributed by atoms with Gasteiger partial charge in [-0.3, -0.25) is 10.1 Å². The number of H-pyrrole nitrogens is 1. The molecule has 31 heavy (non-hydrogen) atoms. The minimum Gasteiger partial charge on any atom is -0.465 e. The van der Waals surface area contributed by atoms with Crippen LogP contribution in [0.25, 0.3) is 10.9 Å². The molecule has 160 valence electrons. The predicted octanol–water partition coefficient (Wildman–Crippen LogP) is 3.96. The summed E-state index contributed by atoms with van der Waals surface area (Å²) in [5.41, 5.74) is 7.10. The van der Waals surface area contributed by atoms with Crippen LogP contribution in [0.1, 0.15) is 45.9 Å². The molecule has 0 atom stereocenters. The highest BCUT2D eigenvalue weighted by molar-refractivity contribution is 6.16. The fourth-order valence-electron chi connectivity index (χ4n) is 3.73. The SMILES string of the molecule is CN(C)Cc1[nH]c2cc(NC(=O)O)cc3c2c1C=NNC3=O.c1ccc(C2CC2)cc1. The minimum atomic E-state index is -1.18. The molecule has 2 aromatic carbocycles. The van der Waals surface area contributed by atoms with Gasteiger partial charge in [-0.05, 0) is 50.6 Å². The molecule has 0 radical (unpaired) electrons. The van der Waals surface area contributed by atoms with Gasteiger partial charge in [-0.2, -0.15) is 5.10 Å². The third-order valence-corrected chi connectivity index (χ3v) is 5.20. The van der Waals surface area contributed by atoms with Crippen LogP contribution in [0, 0.1) is 0 Å². The van der Waals surface area contributed by atoms with Gasteiger partial charge >= 0.3 is 6.09 Å². The Bertz CT molecular complexity index is 1150. The van der Waals surface area contributed by atoms with E-state index in [4.69, 9.17) is 5.11 Å². The maximum absolute atomic E-state index is 12.1. The summed E-state index contributed by atoms with van der Waals surface area (Å²) >= 11 is 0. The fraction of sp³-hybridized carbons (Fsp3) is 0.261. The Hall–Kier alpha value is -3.65. The first-order valence-electron chi connectivity index (χ1n) is 10.1. The monoisotopic (exact) mass is 419 g/mol. The molecule has 1 aliphatic heterocycles. The topological polar surface area (TPSA) is 110 Å². The second-order valence-electron chi connectivity index (χ2n) is 8.02. The highest BCUT2D eigenvalue weighted by atomic mass is 16.4. The van der Waals surface area contributed by atoms with Crippen molar-refractivity contribution in [3.63, 3.8) is 0 Å². The molecular weight excluding hydrogens is 394 g/mol. The summed E-state index contributed by atoms with van der Waals surface area (Å²) in [5.74, 6) is 0.538. The van der Waals surface area contributed by atoms with Crippen LogP contribution in [-0.4, -0.2) is 47.3 Å². The molecule has 2 amide bonds. The Morgan fingerprint density at radius 3 is 2.61 bits per heavy atom. The lowest BCUT2D eigenvalue weighted by Crippen LogP contribution is -2.17. The Morgan fingerprint density at radius 1 is 1.23 bits per heavy atom. The van der Waals surface area contributed by atoms with Gasteiger partial charge in [0.15, 0.2) is 0 Å². The summed E-state index contributed by atoms with van der Waals surface area (Å²) in [6.45, 7) is 0.644. The van der Waals surface area contributed by atoms with Crippen LogP contribution in [0.15, 0.2) is 47.6 Å². The van der Waals surface area contributed by atoms with Crippen LogP contribution < -0.4 is 10.7 Å². The number of aromatic nitrogens is 1. The van der Waals surface area contributed by atoms with Gasteiger partial charge in [0.1, 0.15) is 0 Å². The zero-order chi connectivity index (χ0) is 22.0. The molecule has 0 spiro atoms. The van der Waals surface area contributed by atoms with E-state index in [0.717, 1.165) is 22.6 Å². The third kappa shape index (κ3) is 4.75. The lowest BCUT2D eigenvalue weighted by Gasteiger charge is -2.08. The largest absolute Gasteiger partial charge is 0.465 e. The Morgan fingerprint density at radius 2 is 1.97 bits per heavy atom. The van der Waals surface area contributed by atoms with Crippen molar-refractivity contribution < 1.29 is 14.7 Å². The molecule has 1 saturated carbocycles. The lowest BCUT2D eigenvalue weighted by atomic mass is 10.0. The molecule has 1 aliphatic carbocycles. The van der Waals surface area contributed by atoms with Gasteiger partial charge in [-0.15, -0.1) is 0 Å². The molecule has 1 fully saturated rings. The lowest BCUT2D eigenvalue weighted by molar-refractivity contribution is 0.0957. The second-order valence-corrected chi connectivity index (χ2v) is 8.02. The number of carboxylic acid groups (broad SMARTS) is 1. The van der Waals surface area contributed by atoms with E-state index in [1.165, 1.54) is 24.5 Å². The Kier molecular flexibility index (Phi) is 5.73. The van der Waals surface area contributed by atoms with Gasteiger partial charge < -0.3 is 15.0 Å². The highest BCUT2D eigenvalue weighted by Gasteiger charge is 2.23. The number of benzene rings is 2. The molecule has 2 heterocycles. The first-order valence-corrected chi connectivity index (χ1v) is 10.1. The summed E-state index contributed by atoms with van der Waals surface area (Å²) < 4.78 is 0. The smallest absolute Gasteiger partial charge is 0.409 e. The summed E-state index contributed by atoms with van der Waals surface area (Å²) in [7, 11) is 3.88. The maximum atomic E-state index is 12.1. The quantitative estimate of drug-likeness (QED) is 0.513. The summed E-state index contributed by atoms with van der Waals surface area (Å²) in [4.78, 5) is 28.2. The molecular formula is C23H25N5O3. The van der Waals surface area contributed by atoms with E-state index < -0.39 is 6.09 Å². The normalized spacial score (nSPS) is 14.6. The number of aromatic amines is 1. The van der Waals surface area contributed by atoms with Crippen LogP contribution in [0.5, 0.6) is 0 Å². The van der Waals surface area contributed by atoms with Crippen molar-refractivity contribution in [1.82, 2.24) is 15.3 Å². The average Bonchev–Trinajstić information content (AvgIpc) is 3.53. The molecule has 1 aromatic heterocycles. The third-order valence-electron chi connectivity index (χ3n) is 5.20. The Labute approximate surface area is 180 Å². The van der Waals surface area contributed by atoms with Crippen molar-refractivity contribution in [2.24, 2.45) is 5.10 Å². The minimum absolute atomic E-state index is 0.330. The second kappa shape index (κ2) is 8.61. The first-order chi connectivity index (χ1) is 14.9. The van der Waals surface area contributed by atoms with Crippen molar-refractivity contribution in [3.8, 4) is 0 Å². The van der Waals surface area contributed by atoms with Crippen LogP contribution in [0.2, 0.25) is 0 Å². The van der Waals surface area contributed by atoms with Crippen LogP contribution in [0.4, 0.5) is 10.5 Å². The van der Waals surface area contributed by atoms with E-state index in [1.807, 2.05) is 19.0 Å². The van der Waals surface area contributed by atoms with E-state index in [0.29, 0.717) is 23.3 Å². The van der Waals surface area contributed by atoms with Gasteiger partial charge in [0.25, 0.3) is 5.91 Å². The molecule has 0 unspecified atom stereocenters. The molecule has 5 rings (SSSR count). The summed E-state index contributed by atoms with van der Waals surface area (Å²) in [6.07, 6.45) is 3.24. The van der Waals surface area contributed by atoms with Crippen molar-refractivity contribution >= 4 is 34.8 Å². The molecule has 0 bridgehead atoms. The number of amides is 2. The predicted molar refractivity (Wildman–Crippen MR) is 121 cm³/mol. The van der Waals surface area contributed by atoms with E-state index in [1.54, 1.807) is 12.3 Å². The number of carbonyl (C=O) groups excluding carboxylic acids is 1. The van der Waals surface area contributed by atoms with E-state index in [-0.39, 0.29) is 5.91 Å². The Balaban J connectivity index is 0.000000212. The highest BCUT2D eigenvalue weighted by Crippen LogP contribution is 2.39. The number of nitrogens with one attached hydrogen (secondary N) is 3. The average molecular weight is 419 g/mol. The van der Waals surface area contributed by atoms with Crippen molar-refractivity contribution in [3.05, 3.63) is 64.8 Å². The number of hydrogen-bond donors (Lipinski definition) is 4. The summed E-state index contributed by atoms with van der Waals surface area (Å²) in [6, 6.07) is 13.9. The van der Waals surface area contributed by atoms with Crippen LogP contribution >= 0.6 is 0 Å². The number of hydrogen-bond acceptors (Lipinski definition) is 4. The van der Waals surface area contributed by atoms with E-state index >= 15 is 0 Å². The van der Waals surface area contributed by atoms with Gasteiger partial charge in [-0.1, -0.05) is 30.3 Å². The van der Waals surface area contributed by atoms with Crippen molar-refractivity contribution in [2.45, 2.75) is 25.3 Å². The maximum Gasteiger partial charge on any atom is 0.409 e. The van der Waals surface area contributed by atoms with Gasteiger partial charge in [0.05, 0.1) is 11.8 Å². The molecule has 0 saturated heterocycles. The fourth-order valence-corrected chi connectivity index (χ4v) is 3.73. The molecule has 4 N–H and O–H groups in total. The van der Waals surface area contributed by atoms with Crippen LogP contribution in [0.3, 0.4) is 0 Å². The number of anilines is 1. The van der Waals surface area contributed by atoms with Crippen molar-refractivity contribution in [1.29, 1.82) is 0 Å². The number of nitrogens with zero attached hydrogens (tertiary/aromatic N) is 2. The number of hydrazone groups is 1. The molecule has 2 aliphatic rings. The number of carbonyl (C=O) groups is 2.